The summed E-state index contributed by atoms with van der Waals surface area (Å²) in [5.41, 5.74) is 1.03. The smallest absolute Gasteiger partial charge is 0.232 e. The molecule has 0 bridgehead atoms. The monoisotopic (exact) mass is 324 g/mol. The zero-order valence-corrected chi connectivity index (χ0v) is 13.1. The number of ether oxygens (including phenoxy) is 1. The van der Waals surface area contributed by atoms with E-state index in [0.29, 0.717) is 24.7 Å². The minimum absolute atomic E-state index is 0.0179. The van der Waals surface area contributed by atoms with Crippen LogP contribution in [0.3, 0.4) is 0 Å². The molecule has 3 nitrogen and oxygen atoms in total. The van der Waals surface area contributed by atoms with E-state index in [1.165, 1.54) is 0 Å². The van der Waals surface area contributed by atoms with Gasteiger partial charge in [0.2, 0.25) is 9.05 Å². The fourth-order valence-corrected chi connectivity index (χ4v) is 2.75. The van der Waals surface area contributed by atoms with Gasteiger partial charge in [-0.05, 0) is 36.5 Å². The van der Waals surface area contributed by atoms with Crippen molar-refractivity contribution in [1.82, 2.24) is 0 Å². The molecule has 0 aromatic heterocycles. The van der Waals surface area contributed by atoms with E-state index in [0.717, 1.165) is 12.0 Å². The molecule has 19 heavy (non-hydrogen) atoms. The zero-order valence-electron chi connectivity index (χ0n) is 10.8. The van der Waals surface area contributed by atoms with Crippen LogP contribution < -0.4 is 0 Å². The van der Waals surface area contributed by atoms with Gasteiger partial charge in [0.05, 0.1) is 12.4 Å². The van der Waals surface area contributed by atoms with Crippen LogP contribution >= 0.6 is 22.3 Å². The number of hydrogen-bond acceptors (Lipinski definition) is 3. The van der Waals surface area contributed by atoms with E-state index in [4.69, 9.17) is 27.0 Å². The molecule has 0 spiro atoms. The molecular formula is C13H18Cl2O3S. The molecule has 0 amide bonds. The topological polar surface area (TPSA) is 43.4 Å². The van der Waals surface area contributed by atoms with Crippen LogP contribution in [0.15, 0.2) is 24.3 Å². The lowest BCUT2D eigenvalue weighted by molar-refractivity contribution is 0.108. The fraction of sp³-hybridized carbons (Fsp3) is 0.538. The van der Waals surface area contributed by atoms with Crippen LogP contribution in [0.4, 0.5) is 0 Å². The highest BCUT2D eigenvalue weighted by Gasteiger charge is 2.09. The van der Waals surface area contributed by atoms with E-state index in [9.17, 15) is 8.42 Å². The predicted molar refractivity (Wildman–Crippen MR) is 79.1 cm³/mol. The minimum Gasteiger partial charge on any atom is -0.377 e. The molecule has 1 aromatic rings. The van der Waals surface area contributed by atoms with E-state index < -0.39 is 9.05 Å². The third-order valence-electron chi connectivity index (χ3n) is 2.77. The number of halogens is 2. The Kier molecular flexibility index (Phi) is 7.15. The minimum atomic E-state index is -3.38. The first-order chi connectivity index (χ1) is 8.87. The van der Waals surface area contributed by atoms with Crippen LogP contribution in [0.25, 0.3) is 0 Å². The Morgan fingerprint density at radius 3 is 2.68 bits per heavy atom. The van der Waals surface area contributed by atoms with Crippen molar-refractivity contribution in [3.05, 3.63) is 34.9 Å². The van der Waals surface area contributed by atoms with Gasteiger partial charge in [-0.1, -0.05) is 30.7 Å². The number of benzene rings is 1. The van der Waals surface area contributed by atoms with Gasteiger partial charge in [0, 0.05) is 22.3 Å². The van der Waals surface area contributed by atoms with Crippen molar-refractivity contribution in [2.45, 2.75) is 26.4 Å². The van der Waals surface area contributed by atoms with Crippen molar-refractivity contribution >= 4 is 31.3 Å². The van der Waals surface area contributed by atoms with Crippen molar-refractivity contribution in [3.8, 4) is 0 Å². The third kappa shape index (κ3) is 8.47. The first-order valence-electron chi connectivity index (χ1n) is 6.11. The van der Waals surface area contributed by atoms with Gasteiger partial charge in [0.1, 0.15) is 0 Å². The molecule has 0 saturated heterocycles. The summed E-state index contributed by atoms with van der Waals surface area (Å²) in [4.78, 5) is 0. The summed E-state index contributed by atoms with van der Waals surface area (Å²) in [6.07, 6.45) is 1.37. The van der Waals surface area contributed by atoms with E-state index in [1.807, 2.05) is 31.2 Å². The second-order valence-corrected chi connectivity index (χ2v) is 7.94. The number of rotatable bonds is 8. The maximum absolute atomic E-state index is 10.8. The van der Waals surface area contributed by atoms with E-state index in [2.05, 4.69) is 0 Å². The Hall–Kier alpha value is -0.290. The maximum Gasteiger partial charge on any atom is 0.232 e. The molecule has 0 heterocycles. The van der Waals surface area contributed by atoms with Crippen molar-refractivity contribution in [3.63, 3.8) is 0 Å². The van der Waals surface area contributed by atoms with Crippen LogP contribution in [0.2, 0.25) is 5.02 Å². The summed E-state index contributed by atoms with van der Waals surface area (Å²) in [7, 11) is 1.78. The fourth-order valence-electron chi connectivity index (χ4n) is 1.59. The van der Waals surface area contributed by atoms with Gasteiger partial charge >= 0.3 is 0 Å². The average molecular weight is 325 g/mol. The molecule has 1 aromatic carbocycles. The van der Waals surface area contributed by atoms with Gasteiger partial charge in [-0.3, -0.25) is 0 Å². The van der Waals surface area contributed by atoms with Gasteiger partial charge in [0.15, 0.2) is 0 Å². The molecule has 1 atom stereocenters. The standard InChI is InChI=1S/C13H18Cl2O3S/c1-11(6-8-19(15,16)17)5-7-18-10-12-3-2-4-13(14)9-12/h2-4,9,11H,5-8,10H2,1H3. The second-order valence-electron chi connectivity index (χ2n) is 4.61. The Labute approximate surface area is 124 Å². The van der Waals surface area contributed by atoms with E-state index in [-0.39, 0.29) is 11.7 Å². The molecule has 0 N–H and O–H groups in total. The Balaban J connectivity index is 2.17. The average Bonchev–Trinajstić information content (AvgIpc) is 2.31. The Morgan fingerprint density at radius 2 is 2.05 bits per heavy atom. The molecule has 0 radical (unpaired) electrons. The molecule has 1 unspecified atom stereocenters. The van der Waals surface area contributed by atoms with Crippen molar-refractivity contribution < 1.29 is 13.2 Å². The van der Waals surface area contributed by atoms with Crippen molar-refractivity contribution in [2.75, 3.05) is 12.4 Å². The summed E-state index contributed by atoms with van der Waals surface area (Å²) >= 11 is 5.87. The summed E-state index contributed by atoms with van der Waals surface area (Å²) in [5, 5.41) is 0.696. The van der Waals surface area contributed by atoms with Gasteiger partial charge in [0.25, 0.3) is 0 Å². The molecule has 0 aliphatic rings. The molecule has 0 saturated carbocycles. The summed E-state index contributed by atoms with van der Waals surface area (Å²) < 4.78 is 27.1. The third-order valence-corrected chi connectivity index (χ3v) is 4.19. The van der Waals surface area contributed by atoms with Crippen LogP contribution in [0.5, 0.6) is 0 Å². The second kappa shape index (κ2) is 8.10. The highest BCUT2D eigenvalue weighted by atomic mass is 35.7. The van der Waals surface area contributed by atoms with Gasteiger partial charge in [-0.15, -0.1) is 0 Å². The lowest BCUT2D eigenvalue weighted by Gasteiger charge is -2.10. The lowest BCUT2D eigenvalue weighted by atomic mass is 10.1. The van der Waals surface area contributed by atoms with Crippen LogP contribution in [-0.4, -0.2) is 20.8 Å². The zero-order chi connectivity index (χ0) is 14.3. The first kappa shape index (κ1) is 16.8. The molecule has 0 aliphatic heterocycles. The largest absolute Gasteiger partial charge is 0.377 e. The number of hydrogen-bond donors (Lipinski definition) is 0. The molecule has 0 aliphatic carbocycles. The first-order valence-corrected chi connectivity index (χ1v) is 8.97. The lowest BCUT2D eigenvalue weighted by Crippen LogP contribution is -2.07. The Morgan fingerprint density at radius 1 is 1.32 bits per heavy atom. The van der Waals surface area contributed by atoms with Crippen LogP contribution in [0.1, 0.15) is 25.3 Å². The Bertz CT molecular complexity index is 488. The van der Waals surface area contributed by atoms with Gasteiger partial charge in [-0.25, -0.2) is 8.42 Å². The SMILES string of the molecule is CC(CCOCc1cccc(Cl)c1)CCS(=O)(=O)Cl. The van der Waals surface area contributed by atoms with E-state index >= 15 is 0 Å². The normalized spacial score (nSPS) is 13.4. The summed E-state index contributed by atoms with van der Waals surface area (Å²) in [5.74, 6) is 0.289. The quantitative estimate of drug-likeness (QED) is 0.539. The molecule has 108 valence electrons. The van der Waals surface area contributed by atoms with Gasteiger partial charge in [-0.2, -0.15) is 0 Å². The van der Waals surface area contributed by atoms with Crippen LogP contribution in [-0.2, 0) is 20.4 Å². The van der Waals surface area contributed by atoms with E-state index in [1.54, 1.807) is 0 Å². The van der Waals surface area contributed by atoms with Crippen molar-refractivity contribution in [2.24, 2.45) is 5.92 Å². The molecule has 0 fully saturated rings. The van der Waals surface area contributed by atoms with Crippen LogP contribution in [0, 0.1) is 5.92 Å². The predicted octanol–water partition coefficient (Wildman–Crippen LogP) is 3.84. The summed E-state index contributed by atoms with van der Waals surface area (Å²) in [6.45, 7) is 3.10. The van der Waals surface area contributed by atoms with Gasteiger partial charge < -0.3 is 4.74 Å². The maximum atomic E-state index is 10.8. The highest BCUT2D eigenvalue weighted by molar-refractivity contribution is 8.13. The molecule has 1 rings (SSSR count). The molecular weight excluding hydrogens is 307 g/mol. The summed E-state index contributed by atoms with van der Waals surface area (Å²) in [6, 6.07) is 7.52. The van der Waals surface area contributed by atoms with Crippen molar-refractivity contribution in [1.29, 1.82) is 0 Å². The highest BCUT2D eigenvalue weighted by Crippen LogP contribution is 2.14. The molecule has 6 heteroatoms.